The van der Waals surface area contributed by atoms with Crippen LogP contribution in [0.4, 0.5) is 0 Å². The molecule has 0 spiro atoms. The number of fused-ring (bicyclic) bond motifs is 1. The van der Waals surface area contributed by atoms with Crippen molar-refractivity contribution in [3.05, 3.63) is 40.6 Å². The van der Waals surface area contributed by atoms with Gasteiger partial charge in [0, 0.05) is 17.7 Å². The van der Waals surface area contributed by atoms with Gasteiger partial charge in [0.2, 0.25) is 23.8 Å². The Bertz CT molecular complexity index is 1550. The molecule has 0 radical (unpaired) electrons. The van der Waals surface area contributed by atoms with Crippen LogP contribution in [0.2, 0.25) is 0 Å². The molecule has 2 fully saturated rings. The standard InChI is InChI=1S/C27H30O17/c28-6-14-17(33)20(36)22(38)26(42-14)40-9-4-12(32)16-13(5-9)41-24(8-1-2-10(30)11(31)3-8)25(19(16)35)44-27-23(39)21(37)18(34)15(7-29)43-27/h1-5,14-15,17-18,20-23,26-34,36-39H,6-7H2/t14-,15-,17-,18+,20+,21+,22-,23-,26+,27-/m1/s1. The van der Waals surface area contributed by atoms with Crippen molar-refractivity contribution < 1.29 is 79.5 Å². The number of hydrogen-bond acceptors (Lipinski definition) is 17. The van der Waals surface area contributed by atoms with Gasteiger partial charge in [0.1, 0.15) is 71.3 Å². The predicted molar refractivity (Wildman–Crippen MR) is 142 cm³/mol. The van der Waals surface area contributed by atoms with E-state index in [2.05, 4.69) is 0 Å². The fourth-order valence-corrected chi connectivity index (χ4v) is 4.87. The minimum atomic E-state index is -1.94. The second-order valence-electron chi connectivity index (χ2n) is 10.2. The average Bonchev–Trinajstić information content (AvgIpc) is 2.99. The summed E-state index contributed by atoms with van der Waals surface area (Å²) >= 11 is 0. The second-order valence-corrected chi connectivity index (χ2v) is 10.2. The highest BCUT2D eigenvalue weighted by Crippen LogP contribution is 2.40. The van der Waals surface area contributed by atoms with Gasteiger partial charge in [-0.05, 0) is 18.2 Å². The molecule has 3 aromatic rings. The summed E-state index contributed by atoms with van der Waals surface area (Å²) in [6.07, 6.45) is -17.0. The van der Waals surface area contributed by atoms with Crippen LogP contribution in [-0.2, 0) is 9.47 Å². The Kier molecular flexibility index (Phi) is 8.87. The highest BCUT2D eigenvalue weighted by molar-refractivity contribution is 5.88. The maximum absolute atomic E-state index is 13.7. The maximum atomic E-state index is 13.7. The molecule has 2 aromatic carbocycles. The van der Waals surface area contributed by atoms with Gasteiger partial charge < -0.3 is 79.5 Å². The van der Waals surface area contributed by atoms with Crippen molar-refractivity contribution >= 4 is 11.0 Å². The first-order chi connectivity index (χ1) is 20.9. The van der Waals surface area contributed by atoms with Crippen LogP contribution in [0, 0.1) is 0 Å². The molecule has 0 saturated carbocycles. The number of aromatic hydroxyl groups is 3. The number of benzene rings is 2. The van der Waals surface area contributed by atoms with Crippen LogP contribution in [0.3, 0.4) is 0 Å². The molecule has 1 aromatic heterocycles. The lowest BCUT2D eigenvalue weighted by atomic mass is 9.99. The molecule has 44 heavy (non-hydrogen) atoms. The van der Waals surface area contributed by atoms with Crippen LogP contribution in [0.15, 0.2) is 39.5 Å². The molecule has 2 aliphatic rings. The van der Waals surface area contributed by atoms with Crippen molar-refractivity contribution in [1.82, 2.24) is 0 Å². The van der Waals surface area contributed by atoms with E-state index in [0.29, 0.717) is 0 Å². The monoisotopic (exact) mass is 626 g/mol. The number of aliphatic hydroxyl groups excluding tert-OH is 8. The lowest BCUT2D eigenvalue weighted by molar-refractivity contribution is -0.277. The minimum absolute atomic E-state index is 0.0707. The molecular formula is C27H30O17. The molecule has 17 heteroatoms. The van der Waals surface area contributed by atoms with Crippen molar-refractivity contribution in [2.24, 2.45) is 0 Å². The van der Waals surface area contributed by atoms with Gasteiger partial charge in [-0.25, -0.2) is 0 Å². The first-order valence-corrected chi connectivity index (χ1v) is 13.2. The zero-order valence-corrected chi connectivity index (χ0v) is 22.4. The third kappa shape index (κ3) is 5.61. The molecule has 240 valence electrons. The fraction of sp³-hybridized carbons (Fsp3) is 0.444. The van der Waals surface area contributed by atoms with Crippen molar-refractivity contribution in [2.75, 3.05) is 13.2 Å². The van der Waals surface area contributed by atoms with E-state index in [9.17, 15) is 61.0 Å². The van der Waals surface area contributed by atoms with Gasteiger partial charge in [-0.1, -0.05) is 0 Å². The van der Waals surface area contributed by atoms with Crippen molar-refractivity contribution in [2.45, 2.75) is 61.4 Å². The van der Waals surface area contributed by atoms with Gasteiger partial charge in [-0.15, -0.1) is 0 Å². The molecule has 5 rings (SSSR count). The zero-order chi connectivity index (χ0) is 32.0. The highest BCUT2D eigenvalue weighted by Gasteiger charge is 2.46. The molecule has 17 nitrogen and oxygen atoms in total. The average molecular weight is 627 g/mol. The molecule has 2 saturated heterocycles. The third-order valence-corrected chi connectivity index (χ3v) is 7.33. The van der Waals surface area contributed by atoms with E-state index in [-0.39, 0.29) is 16.9 Å². The van der Waals surface area contributed by atoms with Crippen LogP contribution in [0.1, 0.15) is 0 Å². The van der Waals surface area contributed by atoms with Crippen LogP contribution in [0.25, 0.3) is 22.3 Å². The Labute approximate surface area is 246 Å². The molecular weight excluding hydrogens is 596 g/mol. The largest absolute Gasteiger partial charge is 0.507 e. The lowest BCUT2D eigenvalue weighted by Crippen LogP contribution is -2.60. The number of ether oxygens (including phenoxy) is 4. The normalized spacial score (nSPS) is 32.5. The van der Waals surface area contributed by atoms with Crippen molar-refractivity contribution in [1.29, 1.82) is 0 Å². The second kappa shape index (κ2) is 12.3. The molecule has 0 unspecified atom stereocenters. The number of rotatable bonds is 7. The van der Waals surface area contributed by atoms with E-state index < -0.39 is 114 Å². The number of phenolic OH excluding ortho intramolecular Hbond substituents is 3. The van der Waals surface area contributed by atoms with Gasteiger partial charge in [-0.2, -0.15) is 0 Å². The Morgan fingerprint density at radius 3 is 1.77 bits per heavy atom. The summed E-state index contributed by atoms with van der Waals surface area (Å²) in [6, 6.07) is 5.27. The van der Waals surface area contributed by atoms with Crippen LogP contribution >= 0.6 is 0 Å². The van der Waals surface area contributed by atoms with Gasteiger partial charge in [-0.3, -0.25) is 4.79 Å². The first kappa shape index (κ1) is 31.7. The van der Waals surface area contributed by atoms with E-state index in [1.54, 1.807) is 0 Å². The number of hydrogen-bond donors (Lipinski definition) is 11. The van der Waals surface area contributed by atoms with Crippen molar-refractivity contribution in [3.8, 4) is 40.1 Å². The highest BCUT2D eigenvalue weighted by atomic mass is 16.7. The summed E-state index contributed by atoms with van der Waals surface area (Å²) in [5.74, 6) is -3.35. The quantitative estimate of drug-likeness (QED) is 0.116. The van der Waals surface area contributed by atoms with Crippen LogP contribution < -0.4 is 14.9 Å². The molecule has 2 aliphatic heterocycles. The summed E-state index contributed by atoms with van der Waals surface area (Å²) in [5.41, 5.74) is -1.50. The van der Waals surface area contributed by atoms with Gasteiger partial charge in [0.25, 0.3) is 0 Å². The van der Waals surface area contributed by atoms with Crippen LogP contribution in [0.5, 0.6) is 28.7 Å². The molecule has 0 bridgehead atoms. The number of aliphatic hydroxyl groups is 8. The summed E-state index contributed by atoms with van der Waals surface area (Å²) in [4.78, 5) is 13.7. The topological polar surface area (TPSA) is 290 Å². The fourth-order valence-electron chi connectivity index (χ4n) is 4.87. The van der Waals surface area contributed by atoms with Gasteiger partial charge >= 0.3 is 0 Å². The summed E-state index contributed by atoms with van der Waals surface area (Å²) in [6.45, 7) is -1.53. The Morgan fingerprint density at radius 1 is 0.659 bits per heavy atom. The smallest absolute Gasteiger partial charge is 0.239 e. The Hall–Kier alpha value is -3.75. The van der Waals surface area contributed by atoms with Crippen molar-refractivity contribution in [3.63, 3.8) is 0 Å². The van der Waals surface area contributed by atoms with E-state index in [1.165, 1.54) is 6.07 Å². The summed E-state index contributed by atoms with van der Waals surface area (Å²) in [7, 11) is 0. The number of phenols is 3. The Morgan fingerprint density at radius 2 is 1.23 bits per heavy atom. The molecule has 10 atom stereocenters. The summed E-state index contributed by atoms with van der Waals surface area (Å²) < 4.78 is 27.6. The Balaban J connectivity index is 1.60. The van der Waals surface area contributed by atoms with E-state index in [0.717, 1.165) is 24.3 Å². The van der Waals surface area contributed by atoms with E-state index in [4.69, 9.17) is 23.4 Å². The molecule has 3 heterocycles. The van der Waals surface area contributed by atoms with Crippen LogP contribution in [-0.4, -0.2) is 131 Å². The molecule has 11 N–H and O–H groups in total. The third-order valence-electron chi connectivity index (χ3n) is 7.33. The predicted octanol–water partition coefficient (Wildman–Crippen LogP) is -3.07. The minimum Gasteiger partial charge on any atom is -0.507 e. The molecule has 0 aliphatic carbocycles. The first-order valence-electron chi connectivity index (χ1n) is 13.2. The molecule has 0 amide bonds. The van der Waals surface area contributed by atoms with E-state index >= 15 is 0 Å². The maximum Gasteiger partial charge on any atom is 0.239 e. The lowest BCUT2D eigenvalue weighted by Gasteiger charge is -2.39. The SMILES string of the molecule is O=c1c(O[C@H]2O[C@H](CO)[C@H](O)[C@H](O)[C@H]2O)c(-c2ccc(O)c(O)c2)oc2cc(O[C@H]3O[C@H](CO)[C@@H](O)[C@H](O)[C@H]3O)cc(O)c12. The van der Waals surface area contributed by atoms with Gasteiger partial charge in [0.05, 0.1) is 13.2 Å². The summed E-state index contributed by atoms with van der Waals surface area (Å²) in [5, 5.41) is 110. The zero-order valence-electron chi connectivity index (χ0n) is 22.4. The van der Waals surface area contributed by atoms with E-state index in [1.807, 2.05) is 0 Å². The van der Waals surface area contributed by atoms with Gasteiger partial charge in [0.15, 0.2) is 17.3 Å².